The van der Waals surface area contributed by atoms with Crippen molar-refractivity contribution < 1.29 is 4.74 Å². The molecule has 2 N–H and O–H groups in total. The molecule has 0 aliphatic rings. The number of hydrogen-bond donors (Lipinski definition) is 1. The molecule has 3 nitrogen and oxygen atoms in total. The highest BCUT2D eigenvalue weighted by Crippen LogP contribution is 2.26. The molecular formula is C18H26N2OS. The van der Waals surface area contributed by atoms with Crippen LogP contribution in [0.3, 0.4) is 0 Å². The van der Waals surface area contributed by atoms with Gasteiger partial charge in [-0.25, -0.2) is 4.98 Å². The topological polar surface area (TPSA) is 48.1 Å². The van der Waals surface area contributed by atoms with Crippen LogP contribution in [0.15, 0.2) is 29.6 Å². The van der Waals surface area contributed by atoms with Crippen molar-refractivity contribution in [2.45, 2.75) is 58.6 Å². The van der Waals surface area contributed by atoms with E-state index in [1.165, 1.54) is 0 Å². The predicted octanol–water partition coefficient (Wildman–Crippen LogP) is 4.47. The lowest BCUT2D eigenvalue weighted by Gasteiger charge is -2.15. The molecule has 2 rings (SSSR count). The molecule has 2 aromatic rings. The van der Waals surface area contributed by atoms with Crippen molar-refractivity contribution in [3.05, 3.63) is 45.9 Å². The Labute approximate surface area is 137 Å². The second-order valence-electron chi connectivity index (χ2n) is 6.92. The van der Waals surface area contributed by atoms with Crippen molar-refractivity contribution in [3.63, 3.8) is 0 Å². The van der Waals surface area contributed by atoms with Crippen molar-refractivity contribution in [2.75, 3.05) is 0 Å². The van der Waals surface area contributed by atoms with Gasteiger partial charge in [0.25, 0.3) is 0 Å². The summed E-state index contributed by atoms with van der Waals surface area (Å²) >= 11 is 1.70. The fraction of sp³-hybridized carbons (Fsp3) is 0.500. The third kappa shape index (κ3) is 4.55. The van der Waals surface area contributed by atoms with Crippen LogP contribution in [0.4, 0.5) is 0 Å². The maximum absolute atomic E-state index is 6.32. The summed E-state index contributed by atoms with van der Waals surface area (Å²) in [7, 11) is 0. The zero-order valence-electron chi connectivity index (χ0n) is 14.1. The molecule has 1 heterocycles. The van der Waals surface area contributed by atoms with Crippen molar-refractivity contribution in [1.29, 1.82) is 0 Å². The van der Waals surface area contributed by atoms with Crippen molar-refractivity contribution in [3.8, 4) is 5.75 Å². The molecule has 120 valence electrons. The molecule has 0 saturated heterocycles. The summed E-state index contributed by atoms with van der Waals surface area (Å²) in [6.07, 6.45) is 0.955. The van der Waals surface area contributed by atoms with Gasteiger partial charge in [-0.15, -0.1) is 11.3 Å². The van der Waals surface area contributed by atoms with Gasteiger partial charge in [0.05, 0.1) is 16.8 Å². The van der Waals surface area contributed by atoms with E-state index in [4.69, 9.17) is 15.5 Å². The standard InChI is InChI=1S/C18H26N2OS/c1-12(2)21-14-8-6-13(7-9-14)15(19)10-17-20-16(11-22-17)18(3,4)5/h6-9,11-12,15H,10,19H2,1-5H3. The van der Waals surface area contributed by atoms with Crippen LogP contribution >= 0.6 is 11.3 Å². The molecule has 1 atom stereocenters. The molecule has 22 heavy (non-hydrogen) atoms. The lowest BCUT2D eigenvalue weighted by molar-refractivity contribution is 0.242. The van der Waals surface area contributed by atoms with Gasteiger partial charge in [0.1, 0.15) is 5.75 Å². The Hall–Kier alpha value is -1.39. The maximum atomic E-state index is 6.32. The fourth-order valence-electron chi connectivity index (χ4n) is 2.12. The molecule has 0 bridgehead atoms. The number of thiazole rings is 1. The number of nitrogens with zero attached hydrogens (tertiary/aromatic N) is 1. The molecule has 1 aromatic heterocycles. The highest BCUT2D eigenvalue weighted by atomic mass is 32.1. The van der Waals surface area contributed by atoms with Crippen molar-refractivity contribution in [1.82, 2.24) is 4.98 Å². The predicted molar refractivity (Wildman–Crippen MR) is 93.7 cm³/mol. The van der Waals surface area contributed by atoms with Gasteiger partial charge in [-0.05, 0) is 31.5 Å². The van der Waals surface area contributed by atoms with Gasteiger partial charge in [0.15, 0.2) is 0 Å². The Morgan fingerprint density at radius 1 is 1.18 bits per heavy atom. The van der Waals surface area contributed by atoms with Gasteiger partial charge in [-0.2, -0.15) is 0 Å². The summed E-state index contributed by atoms with van der Waals surface area (Å²) in [5.74, 6) is 0.884. The lowest BCUT2D eigenvalue weighted by Crippen LogP contribution is -2.15. The van der Waals surface area contributed by atoms with E-state index in [1.807, 2.05) is 38.1 Å². The summed E-state index contributed by atoms with van der Waals surface area (Å²) in [6, 6.07) is 8.02. The minimum Gasteiger partial charge on any atom is -0.491 e. The van der Waals surface area contributed by atoms with Crippen molar-refractivity contribution >= 4 is 11.3 Å². The first kappa shape index (κ1) is 17.0. The maximum Gasteiger partial charge on any atom is 0.119 e. The first-order valence-corrected chi connectivity index (χ1v) is 8.61. The Bertz CT molecular complexity index is 596. The van der Waals surface area contributed by atoms with Crippen LogP contribution in [-0.4, -0.2) is 11.1 Å². The van der Waals surface area contributed by atoms with Crippen LogP contribution in [0.25, 0.3) is 0 Å². The third-order valence-corrected chi connectivity index (χ3v) is 4.27. The first-order chi connectivity index (χ1) is 10.3. The lowest BCUT2D eigenvalue weighted by atomic mass is 9.93. The second-order valence-corrected chi connectivity index (χ2v) is 7.87. The summed E-state index contributed by atoms with van der Waals surface area (Å²) < 4.78 is 5.66. The number of ether oxygens (including phenoxy) is 1. The Kier molecular flexibility index (Phi) is 5.24. The number of aromatic nitrogens is 1. The van der Waals surface area contributed by atoms with Gasteiger partial charge in [-0.1, -0.05) is 32.9 Å². The molecule has 0 amide bonds. The van der Waals surface area contributed by atoms with Crippen LogP contribution in [0.5, 0.6) is 5.75 Å². The van der Waals surface area contributed by atoms with E-state index in [1.54, 1.807) is 11.3 Å². The van der Waals surface area contributed by atoms with E-state index >= 15 is 0 Å². The average Bonchev–Trinajstić information content (AvgIpc) is 2.87. The van der Waals surface area contributed by atoms with Crippen LogP contribution in [0.1, 0.15) is 56.9 Å². The van der Waals surface area contributed by atoms with E-state index in [-0.39, 0.29) is 17.6 Å². The van der Waals surface area contributed by atoms with Crippen LogP contribution in [0, 0.1) is 0 Å². The molecule has 0 radical (unpaired) electrons. The zero-order chi connectivity index (χ0) is 16.3. The molecule has 0 aliphatic carbocycles. The molecule has 0 fully saturated rings. The van der Waals surface area contributed by atoms with Gasteiger partial charge >= 0.3 is 0 Å². The molecule has 0 aliphatic heterocycles. The summed E-state index contributed by atoms with van der Waals surface area (Å²) in [5.41, 5.74) is 8.67. The van der Waals surface area contributed by atoms with Crippen molar-refractivity contribution in [2.24, 2.45) is 5.73 Å². The van der Waals surface area contributed by atoms with E-state index in [9.17, 15) is 0 Å². The Balaban J connectivity index is 2.02. The first-order valence-electron chi connectivity index (χ1n) is 7.73. The van der Waals surface area contributed by atoms with E-state index in [0.717, 1.165) is 28.4 Å². The summed E-state index contributed by atoms with van der Waals surface area (Å²) in [6.45, 7) is 10.6. The molecule has 1 unspecified atom stereocenters. The van der Waals surface area contributed by atoms with Crippen LogP contribution in [-0.2, 0) is 11.8 Å². The Morgan fingerprint density at radius 3 is 2.32 bits per heavy atom. The van der Waals surface area contributed by atoms with Gasteiger partial charge in [0, 0.05) is 23.3 Å². The summed E-state index contributed by atoms with van der Waals surface area (Å²) in [4.78, 5) is 4.72. The highest BCUT2D eigenvalue weighted by molar-refractivity contribution is 7.09. The van der Waals surface area contributed by atoms with Crippen LogP contribution in [0.2, 0.25) is 0 Å². The normalized spacial score (nSPS) is 13.4. The number of benzene rings is 1. The van der Waals surface area contributed by atoms with E-state index in [0.29, 0.717) is 0 Å². The number of nitrogens with two attached hydrogens (primary N) is 1. The summed E-state index contributed by atoms with van der Waals surface area (Å²) in [5, 5.41) is 3.24. The number of rotatable bonds is 5. The largest absolute Gasteiger partial charge is 0.491 e. The minimum atomic E-state index is -0.0351. The highest BCUT2D eigenvalue weighted by Gasteiger charge is 2.18. The number of hydrogen-bond acceptors (Lipinski definition) is 4. The molecule has 4 heteroatoms. The monoisotopic (exact) mass is 318 g/mol. The third-order valence-electron chi connectivity index (χ3n) is 3.39. The molecule has 1 aromatic carbocycles. The molecule has 0 saturated carbocycles. The fourth-order valence-corrected chi connectivity index (χ4v) is 3.20. The van der Waals surface area contributed by atoms with Gasteiger partial charge in [-0.3, -0.25) is 0 Å². The quantitative estimate of drug-likeness (QED) is 0.885. The second kappa shape index (κ2) is 6.80. The Morgan fingerprint density at radius 2 is 1.82 bits per heavy atom. The SMILES string of the molecule is CC(C)Oc1ccc(C(N)Cc2nc(C(C)(C)C)cs2)cc1. The van der Waals surface area contributed by atoms with Gasteiger partial charge in [0.2, 0.25) is 0 Å². The average molecular weight is 318 g/mol. The van der Waals surface area contributed by atoms with Gasteiger partial charge < -0.3 is 10.5 Å². The molecular weight excluding hydrogens is 292 g/mol. The molecule has 0 spiro atoms. The van der Waals surface area contributed by atoms with E-state index < -0.39 is 0 Å². The zero-order valence-corrected chi connectivity index (χ0v) is 14.9. The van der Waals surface area contributed by atoms with E-state index in [2.05, 4.69) is 26.2 Å². The van der Waals surface area contributed by atoms with Crippen LogP contribution < -0.4 is 10.5 Å². The smallest absolute Gasteiger partial charge is 0.119 e. The minimum absolute atomic E-state index is 0.0351.